The maximum absolute atomic E-state index is 12.4. The molecule has 0 radical (unpaired) electrons. The van der Waals surface area contributed by atoms with Gasteiger partial charge in [0.1, 0.15) is 0 Å². The first-order valence-electron chi connectivity index (χ1n) is 14.2. The Hall–Kier alpha value is -2.38. The lowest BCUT2D eigenvalue weighted by molar-refractivity contribution is -0.141. The number of carbonyl (C=O) groups excluding carboxylic acids is 4. The van der Waals surface area contributed by atoms with Crippen LogP contribution in [0.2, 0.25) is 0 Å². The zero-order valence-electron chi connectivity index (χ0n) is 23.7. The van der Waals surface area contributed by atoms with E-state index < -0.39 is 0 Å². The van der Waals surface area contributed by atoms with Crippen molar-refractivity contribution in [1.82, 2.24) is 20.4 Å². The van der Waals surface area contributed by atoms with E-state index in [9.17, 15) is 19.2 Å². The number of hydrogen-bond donors (Lipinski definition) is 2. The maximum Gasteiger partial charge on any atom is 0.248 e. The number of hydrogen-bond acceptors (Lipinski definition) is 4. The van der Waals surface area contributed by atoms with E-state index in [1.165, 1.54) is 0 Å². The van der Waals surface area contributed by atoms with E-state index in [1.807, 2.05) is 30.6 Å². The summed E-state index contributed by atoms with van der Waals surface area (Å²) in [5.74, 6) is 1.14. The molecule has 4 amide bonds. The number of unbranched alkanes of at least 4 members (excludes halogenated alkanes) is 3. The van der Waals surface area contributed by atoms with Crippen LogP contribution in [0.3, 0.4) is 0 Å². The van der Waals surface area contributed by atoms with E-state index in [1.54, 1.807) is 6.92 Å². The average Bonchev–Trinajstić information content (AvgIpc) is 2.85. The highest BCUT2D eigenvalue weighted by molar-refractivity contribution is 5.92. The molecule has 37 heavy (non-hydrogen) atoms. The number of carbonyl (C=O) groups is 4. The molecule has 0 aromatic heterocycles. The molecule has 2 heterocycles. The lowest BCUT2D eigenvalue weighted by atomic mass is 9.89. The van der Waals surface area contributed by atoms with E-state index in [-0.39, 0.29) is 29.0 Å². The Morgan fingerprint density at radius 3 is 1.51 bits per heavy atom. The van der Waals surface area contributed by atoms with Gasteiger partial charge in [0.25, 0.3) is 0 Å². The first-order chi connectivity index (χ1) is 17.5. The minimum atomic E-state index is -0.345. The number of likely N-dealkylation sites (tertiary alicyclic amines) is 2. The van der Waals surface area contributed by atoms with Gasteiger partial charge < -0.3 is 20.4 Å². The molecule has 8 nitrogen and oxygen atoms in total. The second-order valence-corrected chi connectivity index (χ2v) is 12.0. The van der Waals surface area contributed by atoms with Crippen LogP contribution >= 0.6 is 0 Å². The van der Waals surface area contributed by atoms with Crippen LogP contribution < -0.4 is 10.6 Å². The highest BCUT2D eigenvalue weighted by Gasteiger charge is 2.31. The molecular formula is C29H50N4O4. The molecule has 0 bridgehead atoms. The molecule has 0 spiro atoms. The van der Waals surface area contributed by atoms with Crippen molar-refractivity contribution in [2.75, 3.05) is 39.3 Å². The minimum Gasteiger partial charge on any atom is -0.356 e. The number of rotatable bonds is 12. The van der Waals surface area contributed by atoms with Crippen molar-refractivity contribution in [3.63, 3.8) is 0 Å². The van der Waals surface area contributed by atoms with E-state index in [4.69, 9.17) is 0 Å². The molecule has 0 unspecified atom stereocenters. The highest BCUT2D eigenvalue weighted by Crippen LogP contribution is 2.25. The van der Waals surface area contributed by atoms with Crippen molar-refractivity contribution < 1.29 is 19.2 Å². The van der Waals surface area contributed by atoms with Crippen LogP contribution in [0.15, 0.2) is 12.2 Å². The van der Waals surface area contributed by atoms with Gasteiger partial charge in [-0.05, 0) is 57.3 Å². The van der Waals surface area contributed by atoms with Crippen LogP contribution in [-0.2, 0) is 19.2 Å². The van der Waals surface area contributed by atoms with Crippen molar-refractivity contribution >= 4 is 23.6 Å². The van der Waals surface area contributed by atoms with Gasteiger partial charge in [-0.15, -0.1) is 0 Å². The number of nitrogens with zero attached hydrogens (tertiary/aromatic N) is 2. The fraction of sp³-hybridized carbons (Fsp3) is 0.793. The summed E-state index contributed by atoms with van der Waals surface area (Å²) in [6.45, 7) is 15.6. The van der Waals surface area contributed by atoms with E-state index >= 15 is 0 Å². The van der Waals surface area contributed by atoms with Crippen LogP contribution in [0.5, 0.6) is 0 Å². The predicted octanol–water partition coefficient (Wildman–Crippen LogP) is 3.66. The van der Waals surface area contributed by atoms with Crippen molar-refractivity contribution in [3.05, 3.63) is 12.2 Å². The van der Waals surface area contributed by atoms with E-state index in [2.05, 4.69) is 17.2 Å². The fourth-order valence-electron chi connectivity index (χ4n) is 5.15. The van der Waals surface area contributed by atoms with Crippen molar-refractivity contribution in [2.24, 2.45) is 17.3 Å². The molecule has 0 saturated carbocycles. The molecule has 0 aromatic rings. The smallest absolute Gasteiger partial charge is 0.248 e. The summed E-state index contributed by atoms with van der Waals surface area (Å²) < 4.78 is 0. The van der Waals surface area contributed by atoms with Gasteiger partial charge in [0, 0.05) is 63.1 Å². The van der Waals surface area contributed by atoms with Crippen LogP contribution in [0.25, 0.3) is 0 Å². The summed E-state index contributed by atoms with van der Waals surface area (Å²) in [5, 5.41) is 6.07. The molecule has 2 rings (SSSR count). The van der Waals surface area contributed by atoms with Gasteiger partial charge in [-0.2, -0.15) is 0 Å². The Labute approximate surface area is 224 Å². The fourth-order valence-corrected chi connectivity index (χ4v) is 5.15. The SMILES string of the molecule is C=C(C)C(=O)N1CCC(CC(=O)NCCCCCCNC(=O)CC2CCN(C(=O)C(C)(C)C)CC2)CC1. The van der Waals surface area contributed by atoms with Gasteiger partial charge in [0.15, 0.2) is 0 Å². The molecule has 2 aliphatic heterocycles. The predicted molar refractivity (Wildman–Crippen MR) is 147 cm³/mol. The molecule has 0 atom stereocenters. The molecule has 210 valence electrons. The van der Waals surface area contributed by atoms with E-state index in [0.717, 1.165) is 64.5 Å². The Bertz CT molecular complexity index is 788. The number of amides is 4. The van der Waals surface area contributed by atoms with Gasteiger partial charge in [-0.3, -0.25) is 19.2 Å². The van der Waals surface area contributed by atoms with Gasteiger partial charge >= 0.3 is 0 Å². The van der Waals surface area contributed by atoms with Crippen molar-refractivity contribution in [1.29, 1.82) is 0 Å². The Morgan fingerprint density at radius 2 is 1.14 bits per heavy atom. The van der Waals surface area contributed by atoms with Gasteiger partial charge in [0.05, 0.1) is 0 Å². The Balaban J connectivity index is 1.44. The Morgan fingerprint density at radius 1 is 0.730 bits per heavy atom. The lowest BCUT2D eigenvalue weighted by Crippen LogP contribution is -2.44. The quantitative estimate of drug-likeness (QED) is 0.304. The molecule has 2 fully saturated rings. The zero-order valence-corrected chi connectivity index (χ0v) is 23.7. The topological polar surface area (TPSA) is 98.8 Å². The van der Waals surface area contributed by atoms with Crippen molar-refractivity contribution in [2.45, 2.75) is 91.9 Å². The third kappa shape index (κ3) is 11.3. The summed E-state index contributed by atoms with van der Waals surface area (Å²) in [6, 6.07) is 0. The maximum atomic E-state index is 12.4. The van der Waals surface area contributed by atoms with Gasteiger partial charge in [-0.1, -0.05) is 40.2 Å². The largest absolute Gasteiger partial charge is 0.356 e. The third-order valence-corrected chi connectivity index (χ3v) is 7.51. The normalized spacial score (nSPS) is 17.4. The first-order valence-corrected chi connectivity index (χ1v) is 14.2. The molecule has 0 aliphatic carbocycles. The summed E-state index contributed by atoms with van der Waals surface area (Å²) in [6.07, 6.45) is 8.55. The summed E-state index contributed by atoms with van der Waals surface area (Å²) in [7, 11) is 0. The standard InChI is InChI=1S/C29H50N4O4/c1-22(2)27(36)32-16-10-23(11-17-32)20-25(34)30-14-8-6-7-9-15-31-26(35)21-24-12-18-33(19-13-24)28(37)29(3,4)5/h23-24H,1,6-21H2,2-5H3,(H,30,34)(H,31,35). The van der Waals surface area contributed by atoms with Crippen LogP contribution in [0.4, 0.5) is 0 Å². The number of nitrogens with one attached hydrogen (secondary N) is 2. The van der Waals surface area contributed by atoms with Crippen LogP contribution in [-0.4, -0.2) is 72.7 Å². The monoisotopic (exact) mass is 518 g/mol. The minimum absolute atomic E-state index is 0.0218. The lowest BCUT2D eigenvalue weighted by Gasteiger charge is -2.35. The first kappa shape index (κ1) is 30.8. The van der Waals surface area contributed by atoms with Crippen LogP contribution in [0, 0.1) is 17.3 Å². The summed E-state index contributed by atoms with van der Waals surface area (Å²) >= 11 is 0. The summed E-state index contributed by atoms with van der Waals surface area (Å²) in [5.41, 5.74) is 0.225. The third-order valence-electron chi connectivity index (χ3n) is 7.51. The number of piperidine rings is 2. The molecular weight excluding hydrogens is 468 g/mol. The molecule has 0 aromatic carbocycles. The zero-order chi connectivity index (χ0) is 27.4. The van der Waals surface area contributed by atoms with E-state index in [0.29, 0.717) is 56.4 Å². The van der Waals surface area contributed by atoms with Crippen molar-refractivity contribution in [3.8, 4) is 0 Å². The highest BCUT2D eigenvalue weighted by atomic mass is 16.2. The molecule has 2 N–H and O–H groups in total. The van der Waals surface area contributed by atoms with Gasteiger partial charge in [-0.25, -0.2) is 0 Å². The Kier molecular flexibility index (Phi) is 12.6. The van der Waals surface area contributed by atoms with Gasteiger partial charge in [0.2, 0.25) is 23.6 Å². The second kappa shape index (κ2) is 15.1. The van der Waals surface area contributed by atoms with Crippen LogP contribution in [0.1, 0.15) is 91.9 Å². The summed E-state index contributed by atoms with van der Waals surface area (Å²) in [4.78, 5) is 52.7. The molecule has 8 heteroatoms. The average molecular weight is 519 g/mol. The second-order valence-electron chi connectivity index (χ2n) is 12.0. The molecule has 2 saturated heterocycles. The molecule has 2 aliphatic rings.